The van der Waals surface area contributed by atoms with Crippen molar-refractivity contribution in [1.82, 2.24) is 4.90 Å². The zero-order valence-corrected chi connectivity index (χ0v) is 9.19. The van der Waals surface area contributed by atoms with Crippen LogP contribution in [0.1, 0.15) is 20.8 Å². The number of aliphatic hydroxyl groups excluding tert-OH is 1. The Bertz CT molecular complexity index is 231. The predicted molar refractivity (Wildman–Crippen MR) is 53.3 cm³/mol. The summed E-state index contributed by atoms with van der Waals surface area (Å²) in [4.78, 5) is 13.0. The van der Waals surface area contributed by atoms with Crippen LogP contribution in [0.25, 0.3) is 0 Å². The number of aliphatic hydroxyl groups is 1. The Morgan fingerprint density at radius 3 is 2.29 bits per heavy atom. The number of rotatable bonds is 4. The van der Waals surface area contributed by atoms with Crippen LogP contribution < -0.4 is 0 Å². The van der Waals surface area contributed by atoms with E-state index in [0.29, 0.717) is 0 Å². The topological polar surface area (TPSA) is 64.3 Å². The molecule has 0 saturated heterocycles. The van der Waals surface area contributed by atoms with Crippen LogP contribution in [0.5, 0.6) is 0 Å². The molecular weight excluding hydrogens is 180 g/mol. The van der Waals surface area contributed by atoms with E-state index in [-0.39, 0.29) is 18.4 Å². The molecule has 1 N–H and O–H groups in total. The summed E-state index contributed by atoms with van der Waals surface area (Å²) in [6, 6.07) is 1.98. The number of nitrogens with zero attached hydrogens (tertiary/aromatic N) is 2. The molecule has 0 aliphatic heterocycles. The standard InChI is InChI=1S/C10H18N2O2/c1-7(2)9(5-11)10(14)12(4)6-8(3)13/h7-9,13H,6H2,1-4H3. The predicted octanol–water partition coefficient (Wildman–Crippen LogP) is 0.621. The van der Waals surface area contributed by atoms with Gasteiger partial charge in [0.2, 0.25) is 5.91 Å². The summed E-state index contributed by atoms with van der Waals surface area (Å²) < 4.78 is 0. The molecule has 1 amide bonds. The van der Waals surface area contributed by atoms with Crippen molar-refractivity contribution in [3.05, 3.63) is 0 Å². The van der Waals surface area contributed by atoms with Gasteiger partial charge in [-0.25, -0.2) is 0 Å². The molecule has 2 unspecified atom stereocenters. The first-order valence-electron chi connectivity index (χ1n) is 4.72. The number of nitriles is 1. The van der Waals surface area contributed by atoms with Gasteiger partial charge < -0.3 is 10.0 Å². The van der Waals surface area contributed by atoms with Gasteiger partial charge in [0.1, 0.15) is 5.92 Å². The third kappa shape index (κ3) is 3.75. The number of carbonyl (C=O) groups is 1. The highest BCUT2D eigenvalue weighted by Crippen LogP contribution is 2.12. The van der Waals surface area contributed by atoms with Crippen LogP contribution >= 0.6 is 0 Å². The molecule has 0 aromatic heterocycles. The van der Waals surface area contributed by atoms with Crippen LogP contribution in [0.2, 0.25) is 0 Å². The number of amides is 1. The van der Waals surface area contributed by atoms with Crippen LogP contribution in [0.15, 0.2) is 0 Å². The molecule has 0 aliphatic rings. The third-order valence-electron chi connectivity index (χ3n) is 1.99. The molecule has 0 heterocycles. The Balaban J connectivity index is 4.37. The first kappa shape index (κ1) is 12.9. The Hall–Kier alpha value is -1.08. The first-order chi connectivity index (χ1) is 6.40. The highest BCUT2D eigenvalue weighted by Gasteiger charge is 2.25. The molecule has 0 bridgehead atoms. The fourth-order valence-corrected chi connectivity index (χ4v) is 1.21. The molecule has 80 valence electrons. The smallest absolute Gasteiger partial charge is 0.240 e. The molecule has 0 aromatic carbocycles. The van der Waals surface area contributed by atoms with Crippen LogP contribution in [-0.4, -0.2) is 35.6 Å². The molecule has 0 fully saturated rings. The van der Waals surface area contributed by atoms with Gasteiger partial charge in [-0.15, -0.1) is 0 Å². The maximum atomic E-state index is 11.6. The molecule has 4 heteroatoms. The lowest BCUT2D eigenvalue weighted by Crippen LogP contribution is -2.38. The molecule has 0 aromatic rings. The van der Waals surface area contributed by atoms with E-state index >= 15 is 0 Å². The van der Waals surface area contributed by atoms with Crippen LogP contribution in [0.4, 0.5) is 0 Å². The third-order valence-corrected chi connectivity index (χ3v) is 1.99. The van der Waals surface area contributed by atoms with Gasteiger partial charge in [0, 0.05) is 13.6 Å². The van der Waals surface area contributed by atoms with Crippen molar-refractivity contribution < 1.29 is 9.90 Å². The summed E-state index contributed by atoms with van der Waals surface area (Å²) in [7, 11) is 1.60. The van der Waals surface area contributed by atoms with Crippen LogP contribution in [0.3, 0.4) is 0 Å². The van der Waals surface area contributed by atoms with Crippen molar-refractivity contribution in [2.75, 3.05) is 13.6 Å². The lowest BCUT2D eigenvalue weighted by molar-refractivity contribution is -0.134. The van der Waals surface area contributed by atoms with Gasteiger partial charge in [-0.2, -0.15) is 5.26 Å². The van der Waals surface area contributed by atoms with Gasteiger partial charge in [-0.05, 0) is 12.8 Å². The van der Waals surface area contributed by atoms with Gasteiger partial charge >= 0.3 is 0 Å². The minimum absolute atomic E-state index is 0.00366. The average molecular weight is 198 g/mol. The van der Waals surface area contributed by atoms with Crippen molar-refractivity contribution in [2.45, 2.75) is 26.9 Å². The maximum Gasteiger partial charge on any atom is 0.240 e. The van der Waals surface area contributed by atoms with E-state index in [1.807, 2.05) is 19.9 Å². The largest absolute Gasteiger partial charge is 0.392 e. The Labute approximate surface area is 85.1 Å². The fourth-order valence-electron chi connectivity index (χ4n) is 1.21. The van der Waals surface area contributed by atoms with Crippen LogP contribution in [-0.2, 0) is 4.79 Å². The van der Waals surface area contributed by atoms with Crippen molar-refractivity contribution >= 4 is 5.91 Å². The summed E-state index contributed by atoms with van der Waals surface area (Å²) in [5, 5.41) is 17.9. The second kappa shape index (κ2) is 5.61. The van der Waals surface area contributed by atoms with E-state index in [1.54, 1.807) is 14.0 Å². The van der Waals surface area contributed by atoms with Crippen molar-refractivity contribution in [1.29, 1.82) is 5.26 Å². The van der Waals surface area contributed by atoms with E-state index in [9.17, 15) is 4.79 Å². The minimum Gasteiger partial charge on any atom is -0.392 e. The lowest BCUT2D eigenvalue weighted by atomic mass is 9.96. The zero-order chi connectivity index (χ0) is 11.3. The second-order valence-electron chi connectivity index (χ2n) is 3.92. The maximum absolute atomic E-state index is 11.6. The van der Waals surface area contributed by atoms with E-state index < -0.39 is 12.0 Å². The Kier molecular flexibility index (Phi) is 5.18. The highest BCUT2D eigenvalue weighted by molar-refractivity contribution is 5.81. The van der Waals surface area contributed by atoms with Gasteiger partial charge in [-0.1, -0.05) is 13.8 Å². The van der Waals surface area contributed by atoms with Gasteiger partial charge in [0.05, 0.1) is 12.2 Å². The summed E-state index contributed by atoms with van der Waals surface area (Å²) in [6.45, 7) is 5.55. The van der Waals surface area contributed by atoms with E-state index in [0.717, 1.165) is 0 Å². The molecule has 0 rings (SSSR count). The van der Waals surface area contributed by atoms with Crippen molar-refractivity contribution in [2.24, 2.45) is 11.8 Å². The number of likely N-dealkylation sites (N-methyl/N-ethyl adjacent to an activating group) is 1. The Morgan fingerprint density at radius 1 is 1.50 bits per heavy atom. The first-order valence-corrected chi connectivity index (χ1v) is 4.72. The second-order valence-corrected chi connectivity index (χ2v) is 3.92. The SMILES string of the molecule is CC(O)CN(C)C(=O)C(C#N)C(C)C. The summed E-state index contributed by atoms with van der Waals surface area (Å²) in [5.74, 6) is -0.828. The molecule has 0 radical (unpaired) electrons. The quantitative estimate of drug-likeness (QED) is 0.720. The van der Waals surface area contributed by atoms with E-state index in [4.69, 9.17) is 10.4 Å². The molecule has 4 nitrogen and oxygen atoms in total. The van der Waals surface area contributed by atoms with Crippen molar-refractivity contribution in [3.63, 3.8) is 0 Å². The van der Waals surface area contributed by atoms with E-state index in [1.165, 1.54) is 4.90 Å². The van der Waals surface area contributed by atoms with Gasteiger partial charge in [0.25, 0.3) is 0 Å². The number of hydrogen-bond acceptors (Lipinski definition) is 3. The van der Waals surface area contributed by atoms with Crippen molar-refractivity contribution in [3.8, 4) is 6.07 Å². The minimum atomic E-state index is -0.612. The summed E-state index contributed by atoms with van der Waals surface area (Å²) >= 11 is 0. The fraction of sp³-hybridized carbons (Fsp3) is 0.800. The average Bonchev–Trinajstić information content (AvgIpc) is 2.03. The lowest BCUT2D eigenvalue weighted by Gasteiger charge is -2.22. The molecule has 2 atom stereocenters. The monoisotopic (exact) mass is 198 g/mol. The zero-order valence-electron chi connectivity index (χ0n) is 9.19. The van der Waals surface area contributed by atoms with Gasteiger partial charge in [-0.3, -0.25) is 4.79 Å². The molecule has 0 spiro atoms. The highest BCUT2D eigenvalue weighted by atomic mass is 16.3. The summed E-state index contributed by atoms with van der Waals surface area (Å²) in [6.07, 6.45) is -0.560. The Morgan fingerprint density at radius 2 is 2.00 bits per heavy atom. The molecular formula is C10H18N2O2. The summed E-state index contributed by atoms with van der Waals surface area (Å²) in [5.41, 5.74) is 0. The molecule has 0 saturated carbocycles. The van der Waals surface area contributed by atoms with E-state index in [2.05, 4.69) is 0 Å². The number of hydrogen-bond donors (Lipinski definition) is 1. The number of carbonyl (C=O) groups excluding carboxylic acids is 1. The van der Waals surface area contributed by atoms with Crippen LogP contribution in [0, 0.1) is 23.2 Å². The van der Waals surface area contributed by atoms with Gasteiger partial charge in [0.15, 0.2) is 0 Å². The molecule has 14 heavy (non-hydrogen) atoms. The normalized spacial score (nSPS) is 14.6. The molecule has 0 aliphatic carbocycles.